The third-order valence-electron chi connectivity index (χ3n) is 2.42. The number of nitrogens with one attached hydrogen (secondary N) is 2. The van der Waals surface area contributed by atoms with Crippen LogP contribution in [0.3, 0.4) is 0 Å². The molecule has 1 rings (SSSR count). The molecule has 16 heavy (non-hydrogen) atoms. The Morgan fingerprint density at radius 3 is 3.00 bits per heavy atom. The monoisotopic (exact) mass is 230 g/mol. The predicted octanol–water partition coefficient (Wildman–Crippen LogP) is -1.36. The van der Waals surface area contributed by atoms with Crippen LogP contribution in [0.5, 0.6) is 0 Å². The van der Waals surface area contributed by atoms with E-state index in [-0.39, 0.29) is 30.9 Å². The van der Waals surface area contributed by atoms with Crippen LogP contribution in [0.4, 0.5) is 0 Å². The lowest BCUT2D eigenvalue weighted by atomic mass is 9.98. The minimum absolute atomic E-state index is 0.00956. The first-order valence-corrected chi connectivity index (χ1v) is 5.47. The number of carbonyl (C=O) groups excluding carboxylic acids is 2. The molecular formula is C10H18N2O4. The molecule has 6 heteroatoms. The number of ether oxygens (including phenoxy) is 1. The maximum Gasteiger partial charge on any atom is 0.224 e. The van der Waals surface area contributed by atoms with E-state index in [9.17, 15) is 9.59 Å². The molecule has 0 aromatic rings. The maximum atomic E-state index is 11.6. The van der Waals surface area contributed by atoms with Gasteiger partial charge in [-0.15, -0.1) is 0 Å². The molecule has 1 unspecified atom stereocenters. The number of aliphatic hydroxyl groups excluding tert-OH is 1. The van der Waals surface area contributed by atoms with E-state index in [1.165, 1.54) is 0 Å². The first kappa shape index (κ1) is 12.9. The van der Waals surface area contributed by atoms with Crippen LogP contribution in [0.15, 0.2) is 0 Å². The van der Waals surface area contributed by atoms with Gasteiger partial charge in [0.05, 0.1) is 25.7 Å². The molecule has 1 atom stereocenters. The molecule has 1 saturated heterocycles. The Balaban J connectivity index is 2.08. The molecule has 0 saturated carbocycles. The zero-order valence-corrected chi connectivity index (χ0v) is 9.20. The van der Waals surface area contributed by atoms with Crippen molar-refractivity contribution in [1.82, 2.24) is 10.6 Å². The Labute approximate surface area is 94.3 Å². The van der Waals surface area contributed by atoms with E-state index in [0.717, 1.165) is 0 Å². The van der Waals surface area contributed by atoms with Crippen LogP contribution in [-0.4, -0.2) is 49.8 Å². The van der Waals surface area contributed by atoms with Gasteiger partial charge in [0.25, 0.3) is 0 Å². The number of hydrogen-bond acceptors (Lipinski definition) is 4. The molecule has 0 radical (unpaired) electrons. The molecular weight excluding hydrogens is 212 g/mol. The fraction of sp³-hybridized carbons (Fsp3) is 0.800. The van der Waals surface area contributed by atoms with Crippen molar-refractivity contribution in [1.29, 1.82) is 0 Å². The second-order valence-corrected chi connectivity index (χ2v) is 3.67. The van der Waals surface area contributed by atoms with Gasteiger partial charge in [-0.1, -0.05) is 0 Å². The van der Waals surface area contributed by atoms with Crippen LogP contribution >= 0.6 is 0 Å². The molecule has 0 spiro atoms. The van der Waals surface area contributed by atoms with E-state index < -0.39 is 0 Å². The van der Waals surface area contributed by atoms with Gasteiger partial charge >= 0.3 is 0 Å². The first-order valence-electron chi connectivity index (χ1n) is 5.47. The normalized spacial score (nSPS) is 20.3. The van der Waals surface area contributed by atoms with Crippen LogP contribution in [0.25, 0.3) is 0 Å². The second-order valence-electron chi connectivity index (χ2n) is 3.67. The van der Waals surface area contributed by atoms with Gasteiger partial charge in [-0.25, -0.2) is 0 Å². The highest BCUT2D eigenvalue weighted by atomic mass is 16.5. The molecule has 6 nitrogen and oxygen atoms in total. The summed E-state index contributed by atoms with van der Waals surface area (Å²) in [6.45, 7) is 1.52. The number of carbonyl (C=O) groups is 2. The Morgan fingerprint density at radius 1 is 1.56 bits per heavy atom. The number of rotatable bonds is 6. The van der Waals surface area contributed by atoms with Crippen molar-refractivity contribution >= 4 is 11.8 Å². The Kier molecular flexibility index (Phi) is 5.81. The third-order valence-corrected chi connectivity index (χ3v) is 2.42. The zero-order chi connectivity index (χ0) is 11.8. The summed E-state index contributed by atoms with van der Waals surface area (Å²) in [5.74, 6) is -0.168. The molecule has 0 aromatic heterocycles. The Bertz CT molecular complexity index is 235. The van der Waals surface area contributed by atoms with E-state index >= 15 is 0 Å². The number of amides is 2. The Morgan fingerprint density at radius 2 is 2.38 bits per heavy atom. The lowest BCUT2D eigenvalue weighted by Gasteiger charge is -2.21. The maximum absolute atomic E-state index is 11.6. The van der Waals surface area contributed by atoms with Crippen LogP contribution in [0.2, 0.25) is 0 Å². The van der Waals surface area contributed by atoms with Crippen molar-refractivity contribution in [3.8, 4) is 0 Å². The standard InChI is InChI=1S/C10H18N2O4/c13-4-6-16-5-3-11-10(15)8-1-2-9(14)12-7-8/h8,13H,1-7H2,(H,11,15)(H,12,14). The topological polar surface area (TPSA) is 87.7 Å². The van der Waals surface area contributed by atoms with Gasteiger partial charge < -0.3 is 20.5 Å². The van der Waals surface area contributed by atoms with Crippen molar-refractivity contribution in [3.63, 3.8) is 0 Å². The van der Waals surface area contributed by atoms with Gasteiger partial charge in [0.1, 0.15) is 0 Å². The zero-order valence-electron chi connectivity index (χ0n) is 9.20. The fourth-order valence-corrected chi connectivity index (χ4v) is 1.51. The second kappa shape index (κ2) is 7.19. The van der Waals surface area contributed by atoms with Crippen molar-refractivity contribution in [3.05, 3.63) is 0 Å². The quantitative estimate of drug-likeness (QED) is 0.492. The van der Waals surface area contributed by atoms with Gasteiger partial charge in [0, 0.05) is 19.5 Å². The number of aliphatic hydroxyl groups is 1. The minimum Gasteiger partial charge on any atom is -0.394 e. The summed E-state index contributed by atoms with van der Waals surface area (Å²) >= 11 is 0. The minimum atomic E-state index is -0.129. The average Bonchev–Trinajstić information content (AvgIpc) is 2.29. The molecule has 2 amide bonds. The summed E-state index contributed by atoms with van der Waals surface area (Å²) in [4.78, 5) is 22.4. The number of hydrogen-bond donors (Lipinski definition) is 3. The molecule has 1 heterocycles. The summed E-state index contributed by atoms with van der Waals surface area (Å²) in [6, 6.07) is 0. The number of piperidine rings is 1. The van der Waals surface area contributed by atoms with E-state index in [2.05, 4.69) is 10.6 Å². The van der Waals surface area contributed by atoms with E-state index in [4.69, 9.17) is 9.84 Å². The van der Waals surface area contributed by atoms with Crippen molar-refractivity contribution in [2.45, 2.75) is 12.8 Å². The summed E-state index contributed by atoms with van der Waals surface area (Å²) in [6.07, 6.45) is 1.02. The predicted molar refractivity (Wildman–Crippen MR) is 56.6 cm³/mol. The smallest absolute Gasteiger partial charge is 0.224 e. The van der Waals surface area contributed by atoms with Crippen molar-refractivity contribution in [2.24, 2.45) is 5.92 Å². The van der Waals surface area contributed by atoms with E-state index in [1.54, 1.807) is 0 Å². The van der Waals surface area contributed by atoms with Crippen LogP contribution in [-0.2, 0) is 14.3 Å². The largest absolute Gasteiger partial charge is 0.394 e. The molecule has 3 N–H and O–H groups in total. The highest BCUT2D eigenvalue weighted by Gasteiger charge is 2.23. The molecule has 92 valence electrons. The average molecular weight is 230 g/mol. The highest BCUT2D eigenvalue weighted by Crippen LogP contribution is 2.10. The first-order chi connectivity index (χ1) is 7.74. The lowest BCUT2D eigenvalue weighted by Crippen LogP contribution is -2.43. The van der Waals surface area contributed by atoms with Gasteiger partial charge in [-0.2, -0.15) is 0 Å². The summed E-state index contributed by atoms with van der Waals surface area (Å²) in [5.41, 5.74) is 0. The molecule has 1 aliphatic rings. The van der Waals surface area contributed by atoms with Crippen molar-refractivity contribution in [2.75, 3.05) is 32.9 Å². The third kappa shape index (κ3) is 4.59. The van der Waals surface area contributed by atoms with Gasteiger partial charge in [0.2, 0.25) is 11.8 Å². The summed E-state index contributed by atoms with van der Waals surface area (Å²) in [7, 11) is 0. The molecule has 1 aliphatic heterocycles. The van der Waals surface area contributed by atoms with E-state index in [1.807, 2.05) is 0 Å². The van der Waals surface area contributed by atoms with Crippen LogP contribution in [0.1, 0.15) is 12.8 Å². The van der Waals surface area contributed by atoms with E-state index in [0.29, 0.717) is 32.5 Å². The Hall–Kier alpha value is -1.14. The van der Waals surface area contributed by atoms with Gasteiger partial charge in [-0.05, 0) is 6.42 Å². The van der Waals surface area contributed by atoms with Crippen LogP contribution in [0, 0.1) is 5.92 Å². The molecule has 0 aliphatic carbocycles. The van der Waals surface area contributed by atoms with Gasteiger partial charge in [0.15, 0.2) is 0 Å². The molecule has 0 bridgehead atoms. The SMILES string of the molecule is O=C1CCC(C(=O)NCCOCCO)CN1. The summed E-state index contributed by atoms with van der Waals surface area (Å²) in [5, 5.41) is 13.8. The molecule has 0 aromatic carbocycles. The fourth-order valence-electron chi connectivity index (χ4n) is 1.51. The molecule has 1 fully saturated rings. The highest BCUT2D eigenvalue weighted by molar-refractivity contribution is 5.83. The van der Waals surface area contributed by atoms with Crippen molar-refractivity contribution < 1.29 is 19.4 Å². The van der Waals surface area contributed by atoms with Crippen LogP contribution < -0.4 is 10.6 Å². The van der Waals surface area contributed by atoms with Gasteiger partial charge in [-0.3, -0.25) is 9.59 Å². The lowest BCUT2D eigenvalue weighted by molar-refractivity contribution is -0.129. The summed E-state index contributed by atoms with van der Waals surface area (Å²) < 4.78 is 5.00.